The van der Waals surface area contributed by atoms with Crippen molar-refractivity contribution in [2.45, 2.75) is 32.4 Å². The fourth-order valence-electron chi connectivity index (χ4n) is 3.02. The minimum Gasteiger partial charge on any atom is -0.351 e. The van der Waals surface area contributed by atoms with Gasteiger partial charge in [0.25, 0.3) is 0 Å². The number of hydrogen-bond acceptors (Lipinski definition) is 2. The van der Waals surface area contributed by atoms with Crippen LogP contribution >= 0.6 is 0 Å². The van der Waals surface area contributed by atoms with Crippen molar-refractivity contribution in [3.8, 4) is 0 Å². The van der Waals surface area contributed by atoms with Gasteiger partial charge in [-0.3, -0.25) is 9.48 Å². The van der Waals surface area contributed by atoms with Gasteiger partial charge in [0.2, 0.25) is 5.91 Å². The van der Waals surface area contributed by atoms with Gasteiger partial charge in [0.1, 0.15) is 0 Å². The lowest BCUT2D eigenvalue weighted by molar-refractivity contribution is -0.122. The monoisotopic (exact) mass is 333 g/mol. The lowest BCUT2D eigenvalue weighted by Gasteiger charge is -2.16. The molecule has 4 nitrogen and oxygen atoms in total. The van der Waals surface area contributed by atoms with Crippen LogP contribution in [0.1, 0.15) is 36.0 Å². The summed E-state index contributed by atoms with van der Waals surface area (Å²) in [4.78, 5) is 12.6. The summed E-state index contributed by atoms with van der Waals surface area (Å²) in [5.41, 5.74) is 3.35. The largest absolute Gasteiger partial charge is 0.351 e. The summed E-state index contributed by atoms with van der Waals surface area (Å²) in [5, 5.41) is 7.36. The molecular weight excluding hydrogens is 310 g/mol. The highest BCUT2D eigenvalue weighted by molar-refractivity contribution is 5.83. The number of rotatable bonds is 7. The van der Waals surface area contributed by atoms with Crippen LogP contribution in [0.2, 0.25) is 0 Å². The lowest BCUT2D eigenvalue weighted by atomic mass is 9.95. The van der Waals surface area contributed by atoms with Crippen LogP contribution in [0, 0.1) is 0 Å². The molecule has 3 rings (SSSR count). The molecule has 25 heavy (non-hydrogen) atoms. The van der Waals surface area contributed by atoms with E-state index >= 15 is 0 Å². The van der Waals surface area contributed by atoms with Crippen molar-refractivity contribution >= 4 is 5.91 Å². The molecule has 0 saturated carbocycles. The summed E-state index contributed by atoms with van der Waals surface area (Å²) in [5.74, 6) is -0.0398. The van der Waals surface area contributed by atoms with E-state index in [2.05, 4.69) is 22.5 Å². The molecule has 0 bridgehead atoms. The zero-order valence-electron chi connectivity index (χ0n) is 14.4. The maximum Gasteiger partial charge on any atom is 0.227 e. The first kappa shape index (κ1) is 17.0. The first-order valence-corrected chi connectivity index (χ1v) is 8.64. The van der Waals surface area contributed by atoms with Gasteiger partial charge >= 0.3 is 0 Å². The van der Waals surface area contributed by atoms with Crippen molar-refractivity contribution < 1.29 is 4.79 Å². The molecule has 0 saturated heterocycles. The Morgan fingerprint density at radius 3 is 2.44 bits per heavy atom. The summed E-state index contributed by atoms with van der Waals surface area (Å²) >= 11 is 0. The zero-order chi connectivity index (χ0) is 17.5. The standard InChI is InChI=1S/C21H23N3O/c1-2-20(17-9-4-3-5-10-17)21(25)22-15-18-11-6-7-12-19(18)16-24-14-8-13-23-24/h3-14,20H,2,15-16H2,1H3,(H,22,25). The van der Waals surface area contributed by atoms with Gasteiger partial charge in [-0.15, -0.1) is 0 Å². The highest BCUT2D eigenvalue weighted by Crippen LogP contribution is 2.19. The van der Waals surface area contributed by atoms with Gasteiger partial charge in [-0.25, -0.2) is 0 Å². The van der Waals surface area contributed by atoms with Crippen molar-refractivity contribution in [2.75, 3.05) is 0 Å². The molecule has 0 spiro atoms. The molecule has 0 aliphatic carbocycles. The van der Waals surface area contributed by atoms with Crippen LogP contribution in [0.3, 0.4) is 0 Å². The predicted octanol–water partition coefficient (Wildman–Crippen LogP) is 3.74. The number of nitrogens with zero attached hydrogens (tertiary/aromatic N) is 2. The van der Waals surface area contributed by atoms with Gasteiger partial charge in [0.05, 0.1) is 12.5 Å². The average Bonchev–Trinajstić information content (AvgIpc) is 3.16. The maximum absolute atomic E-state index is 12.6. The molecule has 128 valence electrons. The Balaban J connectivity index is 1.68. The third-order valence-corrected chi connectivity index (χ3v) is 4.39. The SMILES string of the molecule is CCC(C(=O)NCc1ccccc1Cn1cccn1)c1ccccc1. The van der Waals surface area contributed by atoms with Gasteiger partial charge in [-0.05, 0) is 29.2 Å². The second-order valence-corrected chi connectivity index (χ2v) is 6.06. The molecule has 0 aliphatic rings. The normalized spacial score (nSPS) is 11.9. The van der Waals surface area contributed by atoms with Gasteiger partial charge in [-0.1, -0.05) is 61.5 Å². The van der Waals surface area contributed by atoms with Gasteiger partial charge in [-0.2, -0.15) is 5.10 Å². The highest BCUT2D eigenvalue weighted by atomic mass is 16.1. The Morgan fingerprint density at radius 2 is 1.76 bits per heavy atom. The fraction of sp³-hybridized carbons (Fsp3) is 0.238. The topological polar surface area (TPSA) is 46.9 Å². The Kier molecular flexibility index (Phi) is 5.62. The Hall–Kier alpha value is -2.88. The van der Waals surface area contributed by atoms with Crippen LogP contribution in [-0.2, 0) is 17.9 Å². The molecule has 1 aromatic heterocycles. The van der Waals surface area contributed by atoms with E-state index in [-0.39, 0.29) is 11.8 Å². The molecule has 1 atom stereocenters. The smallest absolute Gasteiger partial charge is 0.227 e. The van der Waals surface area contributed by atoms with Crippen LogP contribution in [0.15, 0.2) is 73.1 Å². The number of benzene rings is 2. The van der Waals surface area contributed by atoms with Crippen LogP contribution < -0.4 is 5.32 Å². The molecule has 1 amide bonds. The van der Waals surface area contributed by atoms with Crippen LogP contribution in [-0.4, -0.2) is 15.7 Å². The van der Waals surface area contributed by atoms with E-state index in [1.807, 2.05) is 66.3 Å². The molecule has 2 aromatic carbocycles. The third kappa shape index (κ3) is 4.35. The summed E-state index contributed by atoms with van der Waals surface area (Å²) in [6.07, 6.45) is 4.50. The molecule has 0 aliphatic heterocycles. The number of carbonyl (C=O) groups excluding carboxylic acids is 1. The summed E-state index contributed by atoms with van der Waals surface area (Å²) < 4.78 is 1.89. The number of carbonyl (C=O) groups is 1. The molecule has 0 fully saturated rings. The minimum atomic E-state index is -0.112. The molecule has 1 unspecified atom stereocenters. The zero-order valence-corrected chi connectivity index (χ0v) is 14.4. The summed E-state index contributed by atoms with van der Waals surface area (Å²) in [7, 11) is 0. The van der Waals surface area contributed by atoms with Gasteiger partial charge in [0.15, 0.2) is 0 Å². The van der Waals surface area contributed by atoms with Crippen molar-refractivity contribution in [3.63, 3.8) is 0 Å². The quantitative estimate of drug-likeness (QED) is 0.716. The van der Waals surface area contributed by atoms with E-state index < -0.39 is 0 Å². The van der Waals surface area contributed by atoms with Crippen LogP contribution in [0.25, 0.3) is 0 Å². The molecule has 4 heteroatoms. The minimum absolute atomic E-state index is 0.0718. The Labute approximate surface area is 148 Å². The van der Waals surface area contributed by atoms with E-state index in [0.29, 0.717) is 13.1 Å². The van der Waals surface area contributed by atoms with E-state index in [1.54, 1.807) is 6.20 Å². The Morgan fingerprint density at radius 1 is 1.04 bits per heavy atom. The number of amides is 1. The first-order valence-electron chi connectivity index (χ1n) is 8.64. The van der Waals surface area contributed by atoms with E-state index in [4.69, 9.17) is 0 Å². The number of aromatic nitrogens is 2. The molecule has 3 aromatic rings. The van der Waals surface area contributed by atoms with Crippen molar-refractivity contribution in [2.24, 2.45) is 0 Å². The molecular formula is C21H23N3O. The fourth-order valence-corrected chi connectivity index (χ4v) is 3.02. The van der Waals surface area contributed by atoms with Crippen LogP contribution in [0.5, 0.6) is 0 Å². The average molecular weight is 333 g/mol. The van der Waals surface area contributed by atoms with Gasteiger partial charge in [0, 0.05) is 18.9 Å². The predicted molar refractivity (Wildman–Crippen MR) is 99.1 cm³/mol. The van der Waals surface area contributed by atoms with Crippen molar-refractivity contribution in [3.05, 3.63) is 89.7 Å². The second-order valence-electron chi connectivity index (χ2n) is 6.06. The maximum atomic E-state index is 12.6. The van der Waals surface area contributed by atoms with E-state index in [1.165, 1.54) is 5.56 Å². The second kappa shape index (κ2) is 8.29. The lowest BCUT2D eigenvalue weighted by Crippen LogP contribution is -2.29. The van der Waals surface area contributed by atoms with Crippen LogP contribution in [0.4, 0.5) is 0 Å². The summed E-state index contributed by atoms with van der Waals surface area (Å²) in [6, 6.07) is 20.0. The van der Waals surface area contributed by atoms with Gasteiger partial charge < -0.3 is 5.32 Å². The third-order valence-electron chi connectivity index (χ3n) is 4.39. The Bertz CT molecular complexity index is 797. The van der Waals surface area contributed by atoms with E-state index in [9.17, 15) is 4.79 Å². The molecule has 1 N–H and O–H groups in total. The highest BCUT2D eigenvalue weighted by Gasteiger charge is 2.18. The number of nitrogens with one attached hydrogen (secondary N) is 1. The van der Waals surface area contributed by atoms with E-state index in [0.717, 1.165) is 17.5 Å². The molecule has 1 heterocycles. The van der Waals surface area contributed by atoms with Crippen molar-refractivity contribution in [1.29, 1.82) is 0 Å². The van der Waals surface area contributed by atoms with Crippen molar-refractivity contribution in [1.82, 2.24) is 15.1 Å². The molecule has 0 radical (unpaired) electrons. The number of hydrogen-bond donors (Lipinski definition) is 1. The first-order chi connectivity index (χ1) is 12.3. The summed E-state index contributed by atoms with van der Waals surface area (Å²) in [6.45, 7) is 3.28.